The van der Waals surface area contributed by atoms with E-state index in [1.54, 1.807) is 13.8 Å². The maximum atomic E-state index is 11.0. The van der Waals surface area contributed by atoms with Gasteiger partial charge in [0.2, 0.25) is 12.1 Å². The molecule has 2 unspecified atom stereocenters. The average molecular weight is 322 g/mol. The summed E-state index contributed by atoms with van der Waals surface area (Å²) in [6.45, 7) is 4.85. The van der Waals surface area contributed by atoms with Crippen molar-refractivity contribution in [3.05, 3.63) is 0 Å². The van der Waals surface area contributed by atoms with Crippen molar-refractivity contribution >= 4 is 11.9 Å². The molecule has 1 heterocycles. The number of aliphatic hydroxyl groups excluding tert-OH is 1. The van der Waals surface area contributed by atoms with Gasteiger partial charge in [0.1, 0.15) is 13.2 Å². The summed E-state index contributed by atoms with van der Waals surface area (Å²) in [6, 6.07) is 0. The van der Waals surface area contributed by atoms with Gasteiger partial charge < -0.3 is 33.9 Å². The minimum Gasteiger partial charge on any atom is -0.462 e. The van der Waals surface area contributed by atoms with Gasteiger partial charge in [-0.25, -0.2) is 0 Å². The lowest BCUT2D eigenvalue weighted by Gasteiger charge is -2.31. The second kappa shape index (κ2) is 7.34. The largest absolute Gasteiger partial charge is 0.462 e. The number of carbonyl (C=O) groups is 2. The Labute approximate surface area is 128 Å². The van der Waals surface area contributed by atoms with Crippen LogP contribution in [-0.2, 0) is 33.3 Å². The van der Waals surface area contributed by atoms with Crippen molar-refractivity contribution in [2.75, 3.05) is 19.8 Å². The lowest BCUT2D eigenvalue weighted by molar-refractivity contribution is -0.335. The first-order chi connectivity index (χ1) is 10.1. The molecular weight excluding hydrogens is 300 g/mol. The summed E-state index contributed by atoms with van der Waals surface area (Å²) < 4.78 is 25.7. The third-order valence-electron chi connectivity index (χ3n) is 2.75. The molecule has 0 aliphatic carbocycles. The van der Waals surface area contributed by atoms with Crippen molar-refractivity contribution in [1.82, 2.24) is 0 Å². The van der Waals surface area contributed by atoms with Gasteiger partial charge in [-0.1, -0.05) is 0 Å². The molecule has 2 N–H and O–H groups in total. The van der Waals surface area contributed by atoms with Gasteiger partial charge in [0.25, 0.3) is 0 Å². The number of esters is 2. The summed E-state index contributed by atoms with van der Waals surface area (Å²) in [7, 11) is 0. The van der Waals surface area contributed by atoms with E-state index >= 15 is 0 Å². The summed E-state index contributed by atoms with van der Waals surface area (Å²) in [6.07, 6.45) is -2.88. The topological polar surface area (TPSA) is 121 Å². The zero-order valence-corrected chi connectivity index (χ0v) is 13.0. The molecule has 0 aromatic rings. The molecule has 0 amide bonds. The summed E-state index contributed by atoms with van der Waals surface area (Å²) in [5, 5.41) is 19.0. The van der Waals surface area contributed by atoms with Crippen LogP contribution in [0.1, 0.15) is 27.7 Å². The molecule has 1 rings (SSSR count). The van der Waals surface area contributed by atoms with Crippen LogP contribution in [0.2, 0.25) is 0 Å². The van der Waals surface area contributed by atoms with Crippen LogP contribution in [0.15, 0.2) is 0 Å². The fourth-order valence-corrected chi connectivity index (χ4v) is 1.82. The molecule has 22 heavy (non-hydrogen) atoms. The Morgan fingerprint density at radius 3 is 2.23 bits per heavy atom. The maximum absolute atomic E-state index is 11.0. The van der Waals surface area contributed by atoms with Crippen molar-refractivity contribution in [2.24, 2.45) is 0 Å². The predicted octanol–water partition coefficient (Wildman–Crippen LogP) is -0.712. The molecule has 1 aliphatic rings. The number of ether oxygens (including phenoxy) is 5. The van der Waals surface area contributed by atoms with Crippen LogP contribution >= 0.6 is 0 Å². The Bertz CT molecular complexity index is 406. The molecule has 0 aromatic carbocycles. The fourth-order valence-electron chi connectivity index (χ4n) is 1.82. The molecule has 0 spiro atoms. The van der Waals surface area contributed by atoms with Gasteiger partial charge in [-0.3, -0.25) is 9.59 Å². The van der Waals surface area contributed by atoms with Crippen LogP contribution in [0, 0.1) is 0 Å². The number of carbonyl (C=O) groups excluding carboxylic acids is 2. The van der Waals surface area contributed by atoms with E-state index in [0.717, 1.165) is 0 Å². The first-order valence-electron chi connectivity index (χ1n) is 6.71. The van der Waals surface area contributed by atoms with E-state index in [9.17, 15) is 19.8 Å². The third-order valence-corrected chi connectivity index (χ3v) is 2.75. The molecular formula is C13H22O9. The van der Waals surface area contributed by atoms with E-state index in [4.69, 9.17) is 23.7 Å². The molecule has 128 valence electrons. The average Bonchev–Trinajstić information content (AvgIpc) is 2.69. The van der Waals surface area contributed by atoms with Crippen molar-refractivity contribution in [1.29, 1.82) is 0 Å². The molecule has 0 bridgehead atoms. The predicted molar refractivity (Wildman–Crippen MR) is 70.2 cm³/mol. The minimum atomic E-state index is -1.97. The monoisotopic (exact) mass is 322 g/mol. The fraction of sp³-hybridized carbons (Fsp3) is 0.846. The zero-order valence-electron chi connectivity index (χ0n) is 13.0. The standard InChI is InChI=1S/C13H22O9/c1-8(14)18-5-10(21-9(2)15)6-19-13(11(16)17)7-20-12(3,4)22-13/h10-11,16-17H,5-7H2,1-4H3. The molecule has 9 heteroatoms. The highest BCUT2D eigenvalue weighted by Crippen LogP contribution is 2.34. The normalized spacial score (nSPS) is 25.0. The quantitative estimate of drug-likeness (QED) is 0.462. The highest BCUT2D eigenvalue weighted by Gasteiger charge is 2.52. The van der Waals surface area contributed by atoms with Crippen LogP contribution in [0.5, 0.6) is 0 Å². The summed E-state index contributed by atoms with van der Waals surface area (Å²) >= 11 is 0. The second-order valence-electron chi connectivity index (χ2n) is 5.32. The summed E-state index contributed by atoms with van der Waals surface area (Å²) in [5.41, 5.74) is 0. The van der Waals surface area contributed by atoms with Gasteiger partial charge in [0.05, 0.1) is 6.61 Å². The third kappa shape index (κ3) is 5.50. The first kappa shape index (κ1) is 18.8. The molecule has 9 nitrogen and oxygen atoms in total. The van der Waals surface area contributed by atoms with E-state index in [0.29, 0.717) is 0 Å². The van der Waals surface area contributed by atoms with E-state index < -0.39 is 35.9 Å². The Kier molecular flexibility index (Phi) is 6.27. The Hall–Kier alpha value is -1.26. The van der Waals surface area contributed by atoms with Crippen LogP contribution in [0.25, 0.3) is 0 Å². The van der Waals surface area contributed by atoms with E-state index in [1.807, 2.05) is 0 Å². The molecule has 0 saturated carbocycles. The van der Waals surface area contributed by atoms with Gasteiger partial charge in [-0.05, 0) is 13.8 Å². The SMILES string of the molecule is CC(=O)OCC(COC1(C(O)O)COC(C)(C)O1)OC(C)=O. The molecule has 1 fully saturated rings. The van der Waals surface area contributed by atoms with Crippen LogP contribution < -0.4 is 0 Å². The number of rotatable bonds is 7. The van der Waals surface area contributed by atoms with Crippen molar-refractivity contribution in [3.63, 3.8) is 0 Å². The van der Waals surface area contributed by atoms with Crippen LogP contribution in [0.4, 0.5) is 0 Å². The molecule has 0 aromatic heterocycles. The van der Waals surface area contributed by atoms with E-state index in [2.05, 4.69) is 0 Å². The zero-order chi connectivity index (χ0) is 17.0. The van der Waals surface area contributed by atoms with Crippen LogP contribution in [0.3, 0.4) is 0 Å². The minimum absolute atomic E-state index is 0.224. The lowest BCUT2D eigenvalue weighted by atomic mass is 10.3. The van der Waals surface area contributed by atoms with Crippen molar-refractivity contribution in [3.8, 4) is 0 Å². The Morgan fingerprint density at radius 2 is 1.82 bits per heavy atom. The van der Waals surface area contributed by atoms with Gasteiger partial charge in [-0.15, -0.1) is 0 Å². The van der Waals surface area contributed by atoms with Crippen molar-refractivity contribution < 1.29 is 43.5 Å². The highest BCUT2D eigenvalue weighted by atomic mass is 16.9. The first-order valence-corrected chi connectivity index (χ1v) is 6.71. The van der Waals surface area contributed by atoms with Gasteiger partial charge in [0, 0.05) is 13.8 Å². The van der Waals surface area contributed by atoms with Gasteiger partial charge >= 0.3 is 11.9 Å². The molecule has 2 atom stereocenters. The maximum Gasteiger partial charge on any atom is 0.303 e. The smallest absolute Gasteiger partial charge is 0.303 e. The lowest BCUT2D eigenvalue weighted by Crippen LogP contribution is -2.50. The Morgan fingerprint density at radius 1 is 1.18 bits per heavy atom. The van der Waals surface area contributed by atoms with Crippen LogP contribution in [-0.4, -0.2) is 65.9 Å². The van der Waals surface area contributed by atoms with Crippen molar-refractivity contribution in [2.45, 2.75) is 51.7 Å². The molecule has 1 saturated heterocycles. The second-order valence-corrected chi connectivity index (χ2v) is 5.32. The van der Waals surface area contributed by atoms with Gasteiger partial charge in [-0.2, -0.15) is 0 Å². The van der Waals surface area contributed by atoms with E-state index in [1.165, 1.54) is 13.8 Å². The molecule has 1 aliphatic heterocycles. The highest BCUT2D eigenvalue weighted by molar-refractivity contribution is 5.67. The summed E-state index contributed by atoms with van der Waals surface area (Å²) in [4.78, 5) is 21.9. The Balaban J connectivity index is 2.67. The van der Waals surface area contributed by atoms with E-state index in [-0.39, 0.29) is 19.8 Å². The molecule has 0 radical (unpaired) electrons. The van der Waals surface area contributed by atoms with Gasteiger partial charge in [0.15, 0.2) is 11.9 Å². The summed E-state index contributed by atoms with van der Waals surface area (Å²) in [5.74, 6) is -4.01. The number of hydrogen-bond acceptors (Lipinski definition) is 9. The number of aliphatic hydroxyl groups is 2. The number of hydrogen-bond donors (Lipinski definition) is 2.